The van der Waals surface area contributed by atoms with Gasteiger partial charge in [0.2, 0.25) is 0 Å². The highest BCUT2D eigenvalue weighted by molar-refractivity contribution is 7.10. The van der Waals surface area contributed by atoms with E-state index in [9.17, 15) is 8.78 Å². The predicted octanol–water partition coefficient (Wildman–Crippen LogP) is 3.86. The van der Waals surface area contributed by atoms with Gasteiger partial charge in [-0.05, 0) is 24.5 Å². The Bertz CT molecular complexity index is 1160. The first-order valence-corrected chi connectivity index (χ1v) is 10.4. The molecule has 0 unspecified atom stereocenters. The Hall–Kier alpha value is -2.92. The Balaban J connectivity index is 1.35. The Morgan fingerprint density at radius 3 is 2.87 bits per heavy atom. The molecule has 11 heteroatoms. The molecule has 1 saturated heterocycles. The van der Waals surface area contributed by atoms with E-state index in [1.807, 2.05) is 34.7 Å². The van der Waals surface area contributed by atoms with Gasteiger partial charge in [0.25, 0.3) is 5.92 Å². The van der Waals surface area contributed by atoms with E-state index in [4.69, 9.17) is 0 Å². The lowest BCUT2D eigenvalue weighted by atomic mass is 10.1. The van der Waals surface area contributed by atoms with Gasteiger partial charge in [-0.2, -0.15) is 9.47 Å². The van der Waals surface area contributed by atoms with Crippen LogP contribution in [0.25, 0.3) is 16.9 Å². The van der Waals surface area contributed by atoms with Crippen LogP contribution in [0.2, 0.25) is 0 Å². The number of likely N-dealkylation sites (tertiary alicyclic amines) is 1. The van der Waals surface area contributed by atoms with Crippen LogP contribution in [0.15, 0.2) is 30.9 Å². The monoisotopic (exact) mass is 430 g/mol. The largest absolute Gasteiger partial charge is 0.328 e. The van der Waals surface area contributed by atoms with Gasteiger partial charge in [-0.25, -0.2) is 18.7 Å². The number of halogens is 2. The molecule has 0 atom stereocenters. The Morgan fingerprint density at radius 1 is 1.27 bits per heavy atom. The zero-order valence-electron chi connectivity index (χ0n) is 16.3. The number of anilines is 2. The van der Waals surface area contributed by atoms with Gasteiger partial charge in [0.1, 0.15) is 5.00 Å². The van der Waals surface area contributed by atoms with Gasteiger partial charge in [-0.15, -0.1) is 0 Å². The molecule has 4 aromatic rings. The van der Waals surface area contributed by atoms with Gasteiger partial charge in [0, 0.05) is 50.4 Å². The molecule has 2 N–H and O–H groups in total. The van der Waals surface area contributed by atoms with E-state index < -0.39 is 5.92 Å². The van der Waals surface area contributed by atoms with Crippen molar-refractivity contribution in [2.75, 3.05) is 18.4 Å². The molecule has 5 rings (SSSR count). The molecule has 0 saturated carbocycles. The molecule has 1 aliphatic heterocycles. The highest BCUT2D eigenvalue weighted by atomic mass is 32.1. The quantitative estimate of drug-likeness (QED) is 0.500. The fraction of sp³-hybridized carbons (Fsp3) is 0.368. The third-order valence-corrected chi connectivity index (χ3v) is 5.92. The molecule has 1 fully saturated rings. The second-order valence-corrected chi connectivity index (χ2v) is 8.30. The van der Waals surface area contributed by atoms with Crippen LogP contribution < -0.4 is 5.32 Å². The maximum Gasteiger partial charge on any atom is 0.250 e. The van der Waals surface area contributed by atoms with Crippen molar-refractivity contribution in [3.63, 3.8) is 0 Å². The van der Waals surface area contributed by atoms with Crippen molar-refractivity contribution in [3.05, 3.63) is 42.2 Å². The van der Waals surface area contributed by atoms with E-state index in [0.717, 1.165) is 27.6 Å². The maximum absolute atomic E-state index is 13.3. The van der Waals surface area contributed by atoms with Gasteiger partial charge >= 0.3 is 0 Å². The summed E-state index contributed by atoms with van der Waals surface area (Å²) in [5.74, 6) is -1.90. The standard InChI is InChI=1S/C19H20F2N8S/c1-12-10-29-15(13-7-23-24-8-13)9-22-18(29)17(25-12)26-16-6-14(27-30-16)11-28-4-2-19(20,21)3-5-28/h6-10H,2-5,11H2,1H3,(H,23,24)(H,25,26). The lowest BCUT2D eigenvalue weighted by Crippen LogP contribution is -2.38. The van der Waals surface area contributed by atoms with Crippen molar-refractivity contribution < 1.29 is 8.78 Å². The van der Waals surface area contributed by atoms with E-state index in [1.54, 1.807) is 12.4 Å². The number of alkyl halides is 2. The normalized spacial score (nSPS) is 16.9. The second kappa shape index (κ2) is 7.40. The minimum Gasteiger partial charge on any atom is -0.328 e. The van der Waals surface area contributed by atoms with Crippen molar-refractivity contribution in [1.82, 2.24) is 33.8 Å². The summed E-state index contributed by atoms with van der Waals surface area (Å²) < 4.78 is 33.1. The molecule has 5 heterocycles. The number of hydrogen-bond acceptors (Lipinski definition) is 7. The third-order valence-electron chi connectivity index (χ3n) is 5.18. The fourth-order valence-corrected chi connectivity index (χ4v) is 4.28. The van der Waals surface area contributed by atoms with Crippen molar-refractivity contribution >= 4 is 28.0 Å². The smallest absolute Gasteiger partial charge is 0.250 e. The van der Waals surface area contributed by atoms with E-state index in [1.165, 1.54) is 11.5 Å². The van der Waals surface area contributed by atoms with Crippen molar-refractivity contribution in [3.8, 4) is 11.3 Å². The zero-order valence-corrected chi connectivity index (χ0v) is 17.1. The number of fused-ring (bicyclic) bond motifs is 1. The van der Waals surface area contributed by atoms with E-state index in [-0.39, 0.29) is 12.8 Å². The summed E-state index contributed by atoms with van der Waals surface area (Å²) in [6.07, 6.45) is 7.10. The molecule has 4 aromatic heterocycles. The average molecular weight is 430 g/mol. The molecule has 0 bridgehead atoms. The molecule has 0 radical (unpaired) electrons. The van der Waals surface area contributed by atoms with Gasteiger partial charge in [0.15, 0.2) is 11.5 Å². The highest BCUT2D eigenvalue weighted by Crippen LogP contribution is 2.30. The van der Waals surface area contributed by atoms with Gasteiger partial charge in [-0.3, -0.25) is 14.4 Å². The topological polar surface area (TPSA) is 87.0 Å². The number of aromatic amines is 1. The number of nitrogens with zero attached hydrogens (tertiary/aromatic N) is 6. The van der Waals surface area contributed by atoms with Crippen LogP contribution in [-0.4, -0.2) is 52.9 Å². The Kier molecular flexibility index (Phi) is 4.70. The molecule has 30 heavy (non-hydrogen) atoms. The van der Waals surface area contributed by atoms with Crippen LogP contribution in [0.3, 0.4) is 0 Å². The molecular formula is C19H20F2N8S. The van der Waals surface area contributed by atoms with Crippen molar-refractivity contribution in [2.24, 2.45) is 0 Å². The van der Waals surface area contributed by atoms with E-state index in [2.05, 4.69) is 29.9 Å². The summed E-state index contributed by atoms with van der Waals surface area (Å²) in [6, 6.07) is 1.94. The molecule has 156 valence electrons. The first-order valence-electron chi connectivity index (χ1n) is 9.63. The lowest BCUT2D eigenvalue weighted by molar-refractivity contribution is -0.0568. The van der Waals surface area contributed by atoms with Gasteiger partial charge in [-0.1, -0.05) is 0 Å². The lowest BCUT2D eigenvalue weighted by Gasteiger charge is -2.31. The van der Waals surface area contributed by atoms with Gasteiger partial charge in [0.05, 0.1) is 29.5 Å². The minimum absolute atomic E-state index is 0.0910. The van der Waals surface area contributed by atoms with Crippen LogP contribution in [0.1, 0.15) is 24.2 Å². The SMILES string of the molecule is Cc1cn2c(-c3cn[nH]c3)cnc2c(Nc2cc(CN3CCC(F)(F)CC3)ns2)n1. The van der Waals surface area contributed by atoms with E-state index >= 15 is 0 Å². The first-order chi connectivity index (χ1) is 14.5. The summed E-state index contributed by atoms with van der Waals surface area (Å²) in [5.41, 5.74) is 4.25. The number of H-pyrrole nitrogens is 1. The summed E-state index contributed by atoms with van der Waals surface area (Å²) in [4.78, 5) is 11.1. The predicted molar refractivity (Wildman–Crippen MR) is 110 cm³/mol. The number of piperidine rings is 1. The summed E-state index contributed by atoms with van der Waals surface area (Å²) in [7, 11) is 0. The summed E-state index contributed by atoms with van der Waals surface area (Å²) in [6.45, 7) is 3.27. The second-order valence-electron chi connectivity index (χ2n) is 7.49. The summed E-state index contributed by atoms with van der Waals surface area (Å²) >= 11 is 1.32. The molecule has 0 amide bonds. The van der Waals surface area contributed by atoms with Crippen LogP contribution in [0.5, 0.6) is 0 Å². The number of aromatic nitrogens is 6. The third kappa shape index (κ3) is 3.77. The minimum atomic E-state index is -2.53. The molecule has 0 spiro atoms. The maximum atomic E-state index is 13.3. The number of rotatable bonds is 5. The Morgan fingerprint density at radius 2 is 2.10 bits per heavy atom. The van der Waals surface area contributed by atoms with Crippen molar-refractivity contribution in [1.29, 1.82) is 0 Å². The highest BCUT2D eigenvalue weighted by Gasteiger charge is 2.34. The summed E-state index contributed by atoms with van der Waals surface area (Å²) in [5, 5.41) is 11.0. The zero-order chi connectivity index (χ0) is 20.7. The van der Waals surface area contributed by atoms with Gasteiger partial charge < -0.3 is 5.32 Å². The van der Waals surface area contributed by atoms with Crippen LogP contribution in [-0.2, 0) is 6.54 Å². The van der Waals surface area contributed by atoms with Crippen molar-refractivity contribution in [2.45, 2.75) is 32.2 Å². The first kappa shape index (κ1) is 19.1. The molecular weight excluding hydrogens is 410 g/mol. The number of aryl methyl sites for hydroxylation is 1. The average Bonchev–Trinajstić information content (AvgIpc) is 3.44. The molecule has 8 nitrogen and oxygen atoms in total. The van der Waals surface area contributed by atoms with Crippen LogP contribution >= 0.6 is 11.5 Å². The van der Waals surface area contributed by atoms with Crippen LogP contribution in [0.4, 0.5) is 19.6 Å². The number of nitrogens with one attached hydrogen (secondary N) is 2. The number of imidazole rings is 1. The molecule has 0 aromatic carbocycles. The van der Waals surface area contributed by atoms with E-state index in [0.29, 0.717) is 31.1 Å². The molecule has 1 aliphatic rings. The van der Waals surface area contributed by atoms with Crippen LogP contribution in [0, 0.1) is 6.92 Å². The molecule has 0 aliphatic carbocycles. The fourth-order valence-electron chi connectivity index (χ4n) is 3.63. The Labute approximate surface area is 175 Å². The number of hydrogen-bond donors (Lipinski definition) is 2.